The molecule has 1 heterocycles. The van der Waals surface area contributed by atoms with Crippen LogP contribution in [0.3, 0.4) is 0 Å². The van der Waals surface area contributed by atoms with Gasteiger partial charge in [0.2, 0.25) is 0 Å². The Hall–Kier alpha value is -3.75. The topological polar surface area (TPSA) is 127 Å². The first-order valence-electron chi connectivity index (χ1n) is 9.02. The van der Waals surface area contributed by atoms with Gasteiger partial charge in [-0.05, 0) is 32.0 Å². The number of aromatic amines is 1. The number of hydrogen-bond acceptors (Lipinski definition) is 6. The molecule has 2 aromatic carbocycles. The van der Waals surface area contributed by atoms with E-state index in [0.717, 1.165) is 0 Å². The average Bonchev–Trinajstić information content (AvgIpc) is 3.14. The van der Waals surface area contributed by atoms with E-state index in [1.54, 1.807) is 38.1 Å². The first kappa shape index (κ1) is 20.0. The molecule has 0 aliphatic heterocycles. The molecule has 0 saturated carbocycles. The third-order valence-electron chi connectivity index (χ3n) is 4.23. The number of aromatic nitrogens is 2. The van der Waals surface area contributed by atoms with E-state index in [9.17, 15) is 19.7 Å². The second kappa shape index (κ2) is 8.51. The summed E-state index contributed by atoms with van der Waals surface area (Å²) in [5.41, 5.74) is 1.77. The molecule has 9 heteroatoms. The van der Waals surface area contributed by atoms with Gasteiger partial charge in [0, 0.05) is 11.6 Å². The highest BCUT2D eigenvalue weighted by Crippen LogP contribution is 2.28. The second-order valence-corrected chi connectivity index (χ2v) is 6.72. The van der Waals surface area contributed by atoms with E-state index in [1.165, 1.54) is 24.5 Å². The van der Waals surface area contributed by atoms with Gasteiger partial charge in [0.15, 0.2) is 0 Å². The fraction of sp³-hybridized carbons (Fsp3) is 0.250. The molecular formula is C20H20N4O5. The number of para-hydroxylation sites is 1. The van der Waals surface area contributed by atoms with Crippen LogP contribution in [0, 0.1) is 10.1 Å². The lowest BCUT2D eigenvalue weighted by Gasteiger charge is -2.19. The maximum atomic E-state index is 12.8. The SMILES string of the molecule is CC(C)OC(=O)CC(NC(=O)c1ccc2nc[nH]c2c1)c1ccccc1[N+](=O)[O-]. The minimum Gasteiger partial charge on any atom is -0.463 e. The number of benzene rings is 2. The van der Waals surface area contributed by atoms with Crippen LogP contribution in [-0.2, 0) is 9.53 Å². The van der Waals surface area contributed by atoms with Crippen LogP contribution >= 0.6 is 0 Å². The zero-order valence-corrected chi connectivity index (χ0v) is 15.9. The van der Waals surface area contributed by atoms with Crippen LogP contribution < -0.4 is 5.32 Å². The summed E-state index contributed by atoms with van der Waals surface area (Å²) < 4.78 is 5.16. The molecule has 0 radical (unpaired) electrons. The molecular weight excluding hydrogens is 376 g/mol. The number of rotatable bonds is 7. The molecule has 150 valence electrons. The van der Waals surface area contributed by atoms with Gasteiger partial charge >= 0.3 is 5.97 Å². The summed E-state index contributed by atoms with van der Waals surface area (Å²) in [5, 5.41) is 14.2. The van der Waals surface area contributed by atoms with Gasteiger partial charge in [0.25, 0.3) is 11.6 Å². The number of esters is 1. The van der Waals surface area contributed by atoms with Gasteiger partial charge in [0.1, 0.15) is 0 Å². The van der Waals surface area contributed by atoms with Crippen molar-refractivity contribution < 1.29 is 19.2 Å². The zero-order chi connectivity index (χ0) is 21.0. The monoisotopic (exact) mass is 396 g/mol. The van der Waals surface area contributed by atoms with Crippen molar-refractivity contribution >= 4 is 28.6 Å². The molecule has 0 aliphatic rings. The van der Waals surface area contributed by atoms with Gasteiger partial charge in [-0.1, -0.05) is 18.2 Å². The van der Waals surface area contributed by atoms with E-state index in [-0.39, 0.29) is 23.8 Å². The molecule has 0 spiro atoms. The lowest BCUT2D eigenvalue weighted by atomic mass is 10.0. The summed E-state index contributed by atoms with van der Waals surface area (Å²) in [5.74, 6) is -1.03. The Labute approximate surface area is 166 Å². The van der Waals surface area contributed by atoms with Crippen LogP contribution in [0.1, 0.15) is 42.2 Å². The number of carbonyl (C=O) groups is 2. The highest BCUT2D eigenvalue weighted by molar-refractivity contribution is 5.97. The minimum absolute atomic E-state index is 0.181. The summed E-state index contributed by atoms with van der Waals surface area (Å²) in [6.45, 7) is 3.41. The number of H-pyrrole nitrogens is 1. The summed E-state index contributed by atoms with van der Waals surface area (Å²) >= 11 is 0. The first-order chi connectivity index (χ1) is 13.8. The summed E-state index contributed by atoms with van der Waals surface area (Å²) in [6, 6.07) is 9.98. The van der Waals surface area contributed by atoms with Crippen LogP contribution in [0.4, 0.5) is 5.69 Å². The summed E-state index contributed by atoms with van der Waals surface area (Å²) in [4.78, 5) is 42.9. The smallest absolute Gasteiger partial charge is 0.308 e. The quantitative estimate of drug-likeness (QED) is 0.358. The van der Waals surface area contributed by atoms with Crippen molar-refractivity contribution in [2.75, 3.05) is 0 Å². The molecule has 0 bridgehead atoms. The average molecular weight is 396 g/mol. The van der Waals surface area contributed by atoms with E-state index in [2.05, 4.69) is 15.3 Å². The second-order valence-electron chi connectivity index (χ2n) is 6.72. The van der Waals surface area contributed by atoms with E-state index < -0.39 is 22.8 Å². The molecule has 0 aliphatic carbocycles. The third-order valence-corrected chi connectivity index (χ3v) is 4.23. The molecule has 0 saturated heterocycles. The van der Waals surface area contributed by atoms with E-state index in [1.807, 2.05) is 0 Å². The summed E-state index contributed by atoms with van der Waals surface area (Å²) in [6.07, 6.45) is 0.943. The molecule has 3 rings (SSSR count). The molecule has 1 aromatic heterocycles. The van der Waals surface area contributed by atoms with Crippen molar-refractivity contribution in [2.45, 2.75) is 32.4 Å². The fourth-order valence-corrected chi connectivity index (χ4v) is 2.98. The summed E-state index contributed by atoms with van der Waals surface area (Å²) in [7, 11) is 0. The van der Waals surface area contributed by atoms with Gasteiger partial charge < -0.3 is 15.0 Å². The highest BCUT2D eigenvalue weighted by Gasteiger charge is 2.27. The van der Waals surface area contributed by atoms with Crippen LogP contribution in [0.15, 0.2) is 48.8 Å². The molecule has 1 atom stereocenters. The molecule has 1 amide bonds. The number of imidazole rings is 1. The van der Waals surface area contributed by atoms with Crippen molar-refractivity contribution in [2.24, 2.45) is 0 Å². The van der Waals surface area contributed by atoms with Crippen molar-refractivity contribution in [1.29, 1.82) is 0 Å². The lowest BCUT2D eigenvalue weighted by Crippen LogP contribution is -2.31. The highest BCUT2D eigenvalue weighted by atomic mass is 16.6. The van der Waals surface area contributed by atoms with Gasteiger partial charge in [-0.25, -0.2) is 4.98 Å². The van der Waals surface area contributed by atoms with Gasteiger partial charge in [-0.3, -0.25) is 19.7 Å². The van der Waals surface area contributed by atoms with Crippen molar-refractivity contribution in [3.8, 4) is 0 Å². The molecule has 0 fully saturated rings. The predicted octanol–water partition coefficient (Wildman–Crippen LogP) is 3.28. The Morgan fingerprint density at radius 3 is 2.72 bits per heavy atom. The van der Waals surface area contributed by atoms with E-state index in [0.29, 0.717) is 16.6 Å². The van der Waals surface area contributed by atoms with E-state index >= 15 is 0 Å². The molecule has 29 heavy (non-hydrogen) atoms. The molecule has 3 aromatic rings. The zero-order valence-electron chi connectivity index (χ0n) is 15.9. The van der Waals surface area contributed by atoms with Crippen molar-refractivity contribution in [3.63, 3.8) is 0 Å². The van der Waals surface area contributed by atoms with Gasteiger partial charge in [0.05, 0.1) is 46.4 Å². The Morgan fingerprint density at radius 1 is 1.24 bits per heavy atom. The van der Waals surface area contributed by atoms with Gasteiger partial charge in [-0.15, -0.1) is 0 Å². The normalized spacial score (nSPS) is 12.0. The lowest BCUT2D eigenvalue weighted by molar-refractivity contribution is -0.385. The van der Waals surface area contributed by atoms with Gasteiger partial charge in [-0.2, -0.15) is 0 Å². The van der Waals surface area contributed by atoms with Crippen molar-refractivity contribution in [3.05, 3.63) is 70.0 Å². The Morgan fingerprint density at radius 2 is 2.00 bits per heavy atom. The predicted molar refractivity (Wildman–Crippen MR) is 105 cm³/mol. The third kappa shape index (κ3) is 4.75. The number of fused-ring (bicyclic) bond motifs is 1. The van der Waals surface area contributed by atoms with Crippen molar-refractivity contribution in [1.82, 2.24) is 15.3 Å². The number of amides is 1. The minimum atomic E-state index is -0.923. The molecule has 2 N–H and O–H groups in total. The van der Waals surface area contributed by atoms with Crippen LogP contribution in [0.25, 0.3) is 11.0 Å². The number of nitrogens with one attached hydrogen (secondary N) is 2. The number of nitrogens with zero attached hydrogens (tertiary/aromatic N) is 2. The maximum Gasteiger partial charge on any atom is 0.308 e. The number of carbonyl (C=O) groups excluding carboxylic acids is 2. The number of nitro groups is 1. The van der Waals surface area contributed by atoms with Crippen LogP contribution in [-0.4, -0.2) is 32.9 Å². The number of hydrogen-bond donors (Lipinski definition) is 2. The molecule has 9 nitrogen and oxygen atoms in total. The Balaban J connectivity index is 1.91. The maximum absolute atomic E-state index is 12.8. The Kier molecular flexibility index (Phi) is 5.87. The standard InChI is InChI=1S/C20H20N4O5/c1-12(2)29-19(25)10-16(14-5-3-4-6-18(14)24(27)28)23-20(26)13-7-8-15-17(9-13)22-11-21-15/h3-9,11-12,16H,10H2,1-2H3,(H,21,22)(H,23,26). The van der Waals surface area contributed by atoms with Crippen LogP contribution in [0.5, 0.6) is 0 Å². The fourth-order valence-electron chi connectivity index (χ4n) is 2.98. The van der Waals surface area contributed by atoms with E-state index in [4.69, 9.17) is 4.74 Å². The largest absolute Gasteiger partial charge is 0.463 e. The number of ether oxygens (including phenoxy) is 1. The van der Waals surface area contributed by atoms with Crippen LogP contribution in [0.2, 0.25) is 0 Å². The molecule has 1 unspecified atom stereocenters. The first-order valence-corrected chi connectivity index (χ1v) is 9.02. The number of nitro benzene ring substituents is 1. The Bertz CT molecular complexity index is 1060.